The van der Waals surface area contributed by atoms with Crippen molar-refractivity contribution in [3.05, 3.63) is 0 Å². The molecule has 3 nitrogen and oxygen atoms in total. The van der Waals surface area contributed by atoms with E-state index in [2.05, 4.69) is 9.47 Å². The highest BCUT2D eigenvalue weighted by atomic mass is 19.4. The van der Waals surface area contributed by atoms with Crippen LogP contribution in [0.25, 0.3) is 0 Å². The number of ether oxygens (including phenoxy) is 2. The molecule has 0 heterocycles. The maximum Gasteiger partial charge on any atom is 0.522 e. The predicted octanol–water partition coefficient (Wildman–Crippen LogP) is 0.532. The molecule has 0 saturated heterocycles. The van der Waals surface area contributed by atoms with Crippen molar-refractivity contribution in [1.29, 1.82) is 0 Å². The van der Waals surface area contributed by atoms with E-state index in [4.69, 9.17) is 5.11 Å². The lowest BCUT2D eigenvalue weighted by Crippen LogP contribution is -2.17. The zero-order chi connectivity index (χ0) is 8.74. The molecule has 0 aliphatic rings. The van der Waals surface area contributed by atoms with E-state index in [0.29, 0.717) is 0 Å². The number of aliphatic hydroxyl groups excluding tert-OH is 1. The maximum absolute atomic E-state index is 11.2. The monoisotopic (exact) mass is 174 g/mol. The van der Waals surface area contributed by atoms with E-state index in [-0.39, 0.29) is 19.8 Å². The molecule has 0 aromatic carbocycles. The number of hydrogen-bond donors (Lipinski definition) is 1. The third-order valence-corrected chi connectivity index (χ3v) is 0.729. The summed E-state index contributed by atoms with van der Waals surface area (Å²) in [6.45, 7) is -0.878. The summed E-state index contributed by atoms with van der Waals surface area (Å²) in [4.78, 5) is 0. The third kappa shape index (κ3) is 9.67. The number of rotatable bonds is 5. The minimum atomic E-state index is -4.59. The largest absolute Gasteiger partial charge is 0.522 e. The van der Waals surface area contributed by atoms with E-state index >= 15 is 0 Å². The normalized spacial score (nSPS) is 12.0. The van der Waals surface area contributed by atoms with Crippen LogP contribution in [-0.4, -0.2) is 37.9 Å². The Labute approximate surface area is 61.7 Å². The Kier molecular flexibility index (Phi) is 5.18. The summed E-state index contributed by atoms with van der Waals surface area (Å²) in [6.07, 6.45) is -4.59. The number of alkyl halides is 3. The molecule has 0 aromatic rings. The molecule has 0 aromatic heterocycles. The highest BCUT2D eigenvalue weighted by Crippen LogP contribution is 2.15. The molecule has 68 valence electrons. The van der Waals surface area contributed by atoms with Crippen LogP contribution in [0, 0.1) is 0 Å². The van der Waals surface area contributed by atoms with Gasteiger partial charge in [0.1, 0.15) is 0 Å². The molecule has 0 amide bonds. The van der Waals surface area contributed by atoms with Gasteiger partial charge in [0.05, 0.1) is 26.4 Å². The van der Waals surface area contributed by atoms with Gasteiger partial charge in [-0.05, 0) is 0 Å². The standard InChI is InChI=1S/C5H9F3O3/c6-5(7,8)11-4-3-10-2-1-9/h9H,1-4H2. The maximum atomic E-state index is 11.2. The highest BCUT2D eigenvalue weighted by molar-refractivity contribution is 4.32. The minimum absolute atomic E-state index is 0.0290. The fraction of sp³-hybridized carbons (Fsp3) is 1.00. The Bertz CT molecular complexity index is 93.5. The van der Waals surface area contributed by atoms with Gasteiger partial charge in [-0.1, -0.05) is 0 Å². The molecular formula is C5H9F3O3. The van der Waals surface area contributed by atoms with Crippen LogP contribution in [0.1, 0.15) is 0 Å². The van der Waals surface area contributed by atoms with Gasteiger partial charge in [0.25, 0.3) is 0 Å². The SMILES string of the molecule is OCCOCCOC(F)(F)F. The lowest BCUT2D eigenvalue weighted by atomic mass is 10.7. The van der Waals surface area contributed by atoms with Gasteiger partial charge >= 0.3 is 6.36 Å². The van der Waals surface area contributed by atoms with Crippen LogP contribution in [0.15, 0.2) is 0 Å². The predicted molar refractivity (Wildman–Crippen MR) is 29.9 cm³/mol. The summed E-state index contributed by atoms with van der Waals surface area (Å²) in [7, 11) is 0. The van der Waals surface area contributed by atoms with Crippen LogP contribution in [0.4, 0.5) is 13.2 Å². The highest BCUT2D eigenvalue weighted by Gasteiger charge is 2.28. The molecule has 0 saturated carbocycles. The second-order valence-electron chi connectivity index (χ2n) is 1.63. The second-order valence-corrected chi connectivity index (χ2v) is 1.63. The van der Waals surface area contributed by atoms with Crippen LogP contribution in [0.2, 0.25) is 0 Å². The van der Waals surface area contributed by atoms with Crippen molar-refractivity contribution in [3.63, 3.8) is 0 Å². The Morgan fingerprint density at radius 2 is 1.73 bits per heavy atom. The Morgan fingerprint density at radius 3 is 2.18 bits per heavy atom. The molecule has 0 aliphatic heterocycles. The van der Waals surface area contributed by atoms with Gasteiger partial charge in [-0.25, -0.2) is 0 Å². The summed E-state index contributed by atoms with van der Waals surface area (Å²) >= 11 is 0. The molecule has 0 unspecified atom stereocenters. The fourth-order valence-corrected chi connectivity index (χ4v) is 0.383. The van der Waals surface area contributed by atoms with Crippen LogP contribution in [0.3, 0.4) is 0 Å². The van der Waals surface area contributed by atoms with Crippen LogP contribution >= 0.6 is 0 Å². The first-order valence-electron chi connectivity index (χ1n) is 2.95. The molecule has 1 N–H and O–H groups in total. The van der Waals surface area contributed by atoms with Crippen molar-refractivity contribution in [2.75, 3.05) is 26.4 Å². The molecule has 0 radical (unpaired) electrons. The van der Waals surface area contributed by atoms with E-state index in [1.54, 1.807) is 0 Å². The van der Waals surface area contributed by atoms with E-state index in [1.807, 2.05) is 0 Å². The van der Waals surface area contributed by atoms with Gasteiger partial charge < -0.3 is 9.84 Å². The summed E-state index contributed by atoms with van der Waals surface area (Å²) in [5.74, 6) is 0. The molecule has 0 spiro atoms. The summed E-state index contributed by atoms with van der Waals surface area (Å²) < 4.78 is 41.6. The summed E-state index contributed by atoms with van der Waals surface area (Å²) in [6, 6.07) is 0. The number of hydrogen-bond acceptors (Lipinski definition) is 3. The Hall–Kier alpha value is -0.330. The second kappa shape index (κ2) is 5.34. The first kappa shape index (κ1) is 10.7. The molecular weight excluding hydrogens is 165 g/mol. The number of aliphatic hydroxyl groups is 1. The average Bonchev–Trinajstić information content (AvgIpc) is 1.85. The topological polar surface area (TPSA) is 38.7 Å². The molecule has 0 bridgehead atoms. The van der Waals surface area contributed by atoms with E-state index in [9.17, 15) is 13.2 Å². The van der Waals surface area contributed by atoms with Gasteiger partial charge in [-0.3, -0.25) is 4.74 Å². The Balaban J connectivity index is 3.02. The zero-order valence-corrected chi connectivity index (χ0v) is 5.73. The van der Waals surface area contributed by atoms with Gasteiger partial charge in [-0.2, -0.15) is 0 Å². The quantitative estimate of drug-likeness (QED) is 0.618. The van der Waals surface area contributed by atoms with E-state index in [0.717, 1.165) is 0 Å². The van der Waals surface area contributed by atoms with Crippen molar-refractivity contribution < 1.29 is 27.8 Å². The van der Waals surface area contributed by atoms with Crippen molar-refractivity contribution in [2.24, 2.45) is 0 Å². The van der Waals surface area contributed by atoms with Crippen molar-refractivity contribution >= 4 is 0 Å². The van der Waals surface area contributed by atoms with Crippen LogP contribution in [-0.2, 0) is 9.47 Å². The lowest BCUT2D eigenvalue weighted by molar-refractivity contribution is -0.327. The smallest absolute Gasteiger partial charge is 0.394 e. The van der Waals surface area contributed by atoms with Crippen molar-refractivity contribution in [1.82, 2.24) is 0 Å². The number of halogens is 3. The third-order valence-electron chi connectivity index (χ3n) is 0.729. The molecule has 0 atom stereocenters. The minimum Gasteiger partial charge on any atom is -0.394 e. The van der Waals surface area contributed by atoms with E-state index < -0.39 is 13.0 Å². The molecule has 0 fully saturated rings. The van der Waals surface area contributed by atoms with E-state index in [1.165, 1.54) is 0 Å². The molecule has 11 heavy (non-hydrogen) atoms. The zero-order valence-electron chi connectivity index (χ0n) is 5.73. The van der Waals surface area contributed by atoms with Gasteiger partial charge in [0, 0.05) is 0 Å². The van der Waals surface area contributed by atoms with Crippen LogP contribution in [0.5, 0.6) is 0 Å². The fourth-order valence-electron chi connectivity index (χ4n) is 0.383. The average molecular weight is 174 g/mol. The summed E-state index contributed by atoms with van der Waals surface area (Å²) in [5.41, 5.74) is 0. The van der Waals surface area contributed by atoms with Gasteiger partial charge in [0.15, 0.2) is 0 Å². The van der Waals surface area contributed by atoms with Crippen LogP contribution < -0.4 is 0 Å². The lowest BCUT2D eigenvalue weighted by Gasteiger charge is -2.06. The summed E-state index contributed by atoms with van der Waals surface area (Å²) in [5, 5.41) is 8.14. The van der Waals surface area contributed by atoms with Crippen molar-refractivity contribution in [2.45, 2.75) is 6.36 Å². The molecule has 6 heteroatoms. The van der Waals surface area contributed by atoms with Gasteiger partial charge in [0.2, 0.25) is 0 Å². The van der Waals surface area contributed by atoms with Gasteiger partial charge in [-0.15, -0.1) is 13.2 Å². The first-order chi connectivity index (χ1) is 5.06. The first-order valence-corrected chi connectivity index (χ1v) is 2.95. The molecule has 0 rings (SSSR count). The van der Waals surface area contributed by atoms with Crippen molar-refractivity contribution in [3.8, 4) is 0 Å². The Morgan fingerprint density at radius 1 is 1.09 bits per heavy atom. The molecule has 0 aliphatic carbocycles.